The summed E-state index contributed by atoms with van der Waals surface area (Å²) >= 11 is 0. The van der Waals surface area contributed by atoms with Gasteiger partial charge in [-0.2, -0.15) is 0 Å². The molecule has 2 heterocycles. The molecule has 1 aromatic rings. The predicted octanol–water partition coefficient (Wildman–Crippen LogP) is 2.05. The van der Waals surface area contributed by atoms with Gasteiger partial charge < -0.3 is 24.6 Å². The first-order valence-corrected chi connectivity index (χ1v) is 10.2. The first kappa shape index (κ1) is 20.5. The Hall–Kier alpha value is -2.28. The van der Waals surface area contributed by atoms with Crippen molar-refractivity contribution in [3.63, 3.8) is 0 Å². The summed E-state index contributed by atoms with van der Waals surface area (Å²) in [5, 5.41) is 3.63. The van der Waals surface area contributed by atoms with Crippen LogP contribution in [-0.2, 0) is 16.0 Å². The van der Waals surface area contributed by atoms with Gasteiger partial charge in [0, 0.05) is 44.7 Å². The van der Waals surface area contributed by atoms with Crippen molar-refractivity contribution >= 4 is 12.0 Å². The van der Waals surface area contributed by atoms with E-state index in [2.05, 4.69) is 5.32 Å². The minimum Gasteiger partial charge on any atom is -0.497 e. The zero-order valence-corrected chi connectivity index (χ0v) is 16.9. The molecule has 2 saturated heterocycles. The van der Waals surface area contributed by atoms with Gasteiger partial charge in [0.2, 0.25) is 5.91 Å². The molecule has 7 nitrogen and oxygen atoms in total. The van der Waals surface area contributed by atoms with E-state index in [-0.39, 0.29) is 18.0 Å². The van der Waals surface area contributed by atoms with Gasteiger partial charge in [0.25, 0.3) is 0 Å². The van der Waals surface area contributed by atoms with Crippen molar-refractivity contribution in [2.45, 2.75) is 44.7 Å². The molecule has 0 spiro atoms. The van der Waals surface area contributed by atoms with Crippen LogP contribution < -0.4 is 10.1 Å². The number of hydrogen-bond donors (Lipinski definition) is 1. The lowest BCUT2D eigenvalue weighted by Crippen LogP contribution is -2.48. The minimum absolute atomic E-state index is 0.197. The maximum atomic E-state index is 12.4. The third-order valence-electron chi connectivity index (χ3n) is 5.54. The molecule has 2 fully saturated rings. The Morgan fingerprint density at radius 3 is 2.54 bits per heavy atom. The fraction of sp³-hybridized carbons (Fsp3) is 0.619. The minimum atomic E-state index is -0.221. The molecule has 0 unspecified atom stereocenters. The second-order valence-corrected chi connectivity index (χ2v) is 7.47. The largest absolute Gasteiger partial charge is 0.497 e. The highest BCUT2D eigenvalue weighted by Gasteiger charge is 2.32. The average molecular weight is 389 g/mol. The number of piperidine rings is 1. The van der Waals surface area contributed by atoms with Gasteiger partial charge in [-0.25, -0.2) is 4.79 Å². The molecule has 28 heavy (non-hydrogen) atoms. The van der Waals surface area contributed by atoms with Gasteiger partial charge >= 0.3 is 6.09 Å². The van der Waals surface area contributed by atoms with Gasteiger partial charge in [-0.3, -0.25) is 4.79 Å². The number of carbonyl (C=O) groups is 2. The van der Waals surface area contributed by atoms with E-state index in [0.29, 0.717) is 32.2 Å². The molecule has 2 aliphatic rings. The Labute approximate surface area is 167 Å². The summed E-state index contributed by atoms with van der Waals surface area (Å²) in [7, 11) is 1.66. The molecule has 1 atom stereocenters. The van der Waals surface area contributed by atoms with Crippen molar-refractivity contribution in [2.75, 3.05) is 39.9 Å². The maximum absolute atomic E-state index is 12.4. The van der Waals surface area contributed by atoms with E-state index in [0.717, 1.165) is 38.1 Å². The van der Waals surface area contributed by atoms with Crippen LogP contribution >= 0.6 is 0 Å². The van der Waals surface area contributed by atoms with E-state index in [1.807, 2.05) is 36.1 Å². The number of nitrogens with one attached hydrogen (secondary N) is 1. The highest BCUT2D eigenvalue weighted by molar-refractivity contribution is 5.79. The summed E-state index contributed by atoms with van der Waals surface area (Å²) in [6.45, 7) is 5.14. The smallest absolute Gasteiger partial charge is 0.409 e. The van der Waals surface area contributed by atoms with E-state index in [9.17, 15) is 9.59 Å². The third-order valence-corrected chi connectivity index (χ3v) is 5.54. The average Bonchev–Trinajstić information content (AvgIpc) is 3.06. The van der Waals surface area contributed by atoms with Crippen molar-refractivity contribution in [1.82, 2.24) is 15.1 Å². The fourth-order valence-corrected chi connectivity index (χ4v) is 3.93. The quantitative estimate of drug-likeness (QED) is 0.773. The molecular formula is C21H31N3O4. The van der Waals surface area contributed by atoms with E-state index in [1.54, 1.807) is 12.0 Å². The second-order valence-electron chi connectivity index (χ2n) is 7.47. The lowest BCUT2D eigenvalue weighted by Gasteiger charge is -2.33. The van der Waals surface area contributed by atoms with Crippen LogP contribution in [0.25, 0.3) is 0 Å². The topological polar surface area (TPSA) is 71.1 Å². The van der Waals surface area contributed by atoms with Gasteiger partial charge in [0.05, 0.1) is 13.7 Å². The molecule has 1 aromatic carbocycles. The first-order valence-electron chi connectivity index (χ1n) is 10.2. The molecule has 7 heteroatoms. The molecule has 2 amide bonds. The van der Waals surface area contributed by atoms with Crippen LogP contribution in [0.4, 0.5) is 4.79 Å². The fourth-order valence-electron chi connectivity index (χ4n) is 3.93. The molecular weight excluding hydrogens is 358 g/mol. The zero-order valence-electron chi connectivity index (χ0n) is 16.9. The van der Waals surface area contributed by atoms with Crippen LogP contribution in [0.5, 0.6) is 5.75 Å². The molecule has 3 rings (SSSR count). The van der Waals surface area contributed by atoms with Crippen molar-refractivity contribution in [3.05, 3.63) is 29.8 Å². The lowest BCUT2D eigenvalue weighted by molar-refractivity contribution is -0.127. The maximum Gasteiger partial charge on any atom is 0.409 e. The normalized spacial score (nSPS) is 20.5. The number of rotatable bonds is 7. The number of likely N-dealkylation sites (tertiary alicyclic amines) is 2. The Morgan fingerprint density at radius 2 is 1.89 bits per heavy atom. The number of ether oxygens (including phenoxy) is 2. The summed E-state index contributed by atoms with van der Waals surface area (Å²) in [5.74, 6) is 1.06. The van der Waals surface area contributed by atoms with Crippen LogP contribution in [-0.4, -0.2) is 73.8 Å². The van der Waals surface area contributed by atoms with Crippen LogP contribution in [0.1, 0.15) is 31.7 Å². The highest BCUT2D eigenvalue weighted by atomic mass is 16.6. The van der Waals surface area contributed by atoms with Gasteiger partial charge in [-0.05, 0) is 43.9 Å². The molecule has 0 aliphatic carbocycles. The van der Waals surface area contributed by atoms with Crippen LogP contribution in [0.15, 0.2) is 24.3 Å². The summed E-state index contributed by atoms with van der Waals surface area (Å²) in [4.78, 5) is 27.9. The molecule has 0 radical (unpaired) electrons. The molecule has 2 aliphatic heterocycles. The Balaban J connectivity index is 1.40. The lowest BCUT2D eigenvalue weighted by atomic mass is 10.0. The van der Waals surface area contributed by atoms with Gasteiger partial charge in [0.1, 0.15) is 5.75 Å². The van der Waals surface area contributed by atoms with Crippen molar-refractivity contribution in [1.29, 1.82) is 0 Å². The third kappa shape index (κ3) is 5.38. The van der Waals surface area contributed by atoms with Gasteiger partial charge in [-0.15, -0.1) is 0 Å². The standard InChI is InChI=1S/C21H31N3O4/c1-3-28-21(26)23-12-9-17(10-13-23)22-18-14-20(25)24(15-18)11-8-16-4-6-19(27-2)7-5-16/h4-7,17-18,22H,3,8-15H2,1-2H3/t18-/m1/s1. The number of methoxy groups -OCH3 is 1. The molecule has 1 N–H and O–H groups in total. The number of benzene rings is 1. The number of carbonyl (C=O) groups excluding carboxylic acids is 2. The zero-order chi connectivity index (χ0) is 19.9. The molecule has 0 bridgehead atoms. The number of nitrogens with zero attached hydrogens (tertiary/aromatic N) is 2. The van der Waals surface area contributed by atoms with E-state index < -0.39 is 0 Å². The molecule has 0 aromatic heterocycles. The van der Waals surface area contributed by atoms with E-state index in [4.69, 9.17) is 9.47 Å². The van der Waals surface area contributed by atoms with E-state index in [1.165, 1.54) is 5.56 Å². The van der Waals surface area contributed by atoms with E-state index >= 15 is 0 Å². The van der Waals surface area contributed by atoms with Crippen LogP contribution in [0, 0.1) is 0 Å². The highest BCUT2D eigenvalue weighted by Crippen LogP contribution is 2.18. The second kappa shape index (κ2) is 9.78. The van der Waals surface area contributed by atoms with Crippen LogP contribution in [0.2, 0.25) is 0 Å². The Bertz CT molecular complexity index is 656. The van der Waals surface area contributed by atoms with Crippen molar-refractivity contribution in [3.8, 4) is 5.75 Å². The van der Waals surface area contributed by atoms with Crippen LogP contribution in [0.3, 0.4) is 0 Å². The Morgan fingerprint density at radius 1 is 1.18 bits per heavy atom. The number of hydrogen-bond acceptors (Lipinski definition) is 5. The SMILES string of the molecule is CCOC(=O)N1CCC(N[C@@H]2CC(=O)N(CCc3ccc(OC)cc3)C2)CC1. The monoisotopic (exact) mass is 389 g/mol. The molecule has 154 valence electrons. The Kier molecular flexibility index (Phi) is 7.14. The van der Waals surface area contributed by atoms with Gasteiger partial charge in [-0.1, -0.05) is 12.1 Å². The summed E-state index contributed by atoms with van der Waals surface area (Å²) in [6, 6.07) is 8.55. The van der Waals surface area contributed by atoms with Crippen molar-refractivity contribution < 1.29 is 19.1 Å². The van der Waals surface area contributed by atoms with Gasteiger partial charge in [0.15, 0.2) is 0 Å². The predicted molar refractivity (Wildman–Crippen MR) is 106 cm³/mol. The first-order chi connectivity index (χ1) is 13.6. The summed E-state index contributed by atoms with van der Waals surface area (Å²) < 4.78 is 10.2. The summed E-state index contributed by atoms with van der Waals surface area (Å²) in [5.41, 5.74) is 1.20. The van der Waals surface area contributed by atoms with Crippen molar-refractivity contribution in [2.24, 2.45) is 0 Å². The summed E-state index contributed by atoms with van der Waals surface area (Å²) in [6.07, 6.45) is 2.98. The molecule has 0 saturated carbocycles. The number of amides is 2.